The van der Waals surface area contributed by atoms with Crippen molar-refractivity contribution in [1.82, 2.24) is 0 Å². The molecule has 1 aromatic rings. The molecule has 0 saturated heterocycles. The molecule has 0 heterocycles. The topological polar surface area (TPSA) is 26.0 Å². The quantitative estimate of drug-likeness (QED) is 0.786. The molecule has 1 atom stereocenters. The van der Waals surface area contributed by atoms with Crippen molar-refractivity contribution in [3.63, 3.8) is 0 Å². The van der Waals surface area contributed by atoms with Crippen molar-refractivity contribution in [2.45, 2.75) is 37.9 Å². The number of hydrogen-bond acceptors (Lipinski definition) is 1. The lowest BCUT2D eigenvalue weighted by atomic mass is 9.87. The maximum absolute atomic E-state index is 12.2. The third-order valence-electron chi connectivity index (χ3n) is 2.97. The molecule has 0 aromatic heterocycles. The number of fused-ring (bicyclic) bond motifs is 1. The summed E-state index contributed by atoms with van der Waals surface area (Å²) in [6.07, 6.45) is -2.26. The standard InChI is InChI=1S/C12H14F3N/c13-12(14,15)7-8-4-5-10-9(6-8)2-1-3-11(10)16/h4-6,11H,1-3,7,16H2. The van der Waals surface area contributed by atoms with Gasteiger partial charge in [0.15, 0.2) is 0 Å². The van der Waals surface area contributed by atoms with Crippen LogP contribution in [-0.4, -0.2) is 6.18 Å². The first-order chi connectivity index (χ1) is 7.46. The van der Waals surface area contributed by atoms with Crippen LogP contribution in [0, 0.1) is 0 Å². The van der Waals surface area contributed by atoms with Crippen molar-refractivity contribution in [2.75, 3.05) is 0 Å². The molecule has 88 valence electrons. The van der Waals surface area contributed by atoms with E-state index >= 15 is 0 Å². The van der Waals surface area contributed by atoms with Crippen LogP contribution in [0.2, 0.25) is 0 Å². The van der Waals surface area contributed by atoms with E-state index in [0.29, 0.717) is 5.56 Å². The third-order valence-corrected chi connectivity index (χ3v) is 2.97. The number of hydrogen-bond donors (Lipinski definition) is 1. The summed E-state index contributed by atoms with van der Waals surface area (Å²) in [5.74, 6) is 0. The number of nitrogens with two attached hydrogens (primary N) is 1. The van der Waals surface area contributed by atoms with Gasteiger partial charge in [0.05, 0.1) is 6.42 Å². The molecule has 1 aliphatic carbocycles. The number of benzene rings is 1. The Morgan fingerprint density at radius 2 is 2.06 bits per heavy atom. The van der Waals surface area contributed by atoms with Gasteiger partial charge in [-0.25, -0.2) is 0 Å². The molecule has 0 bridgehead atoms. The minimum atomic E-state index is -4.13. The summed E-state index contributed by atoms with van der Waals surface area (Å²) in [4.78, 5) is 0. The van der Waals surface area contributed by atoms with E-state index in [0.717, 1.165) is 30.4 Å². The summed E-state index contributed by atoms with van der Waals surface area (Å²) in [6.45, 7) is 0. The zero-order valence-corrected chi connectivity index (χ0v) is 8.85. The molecule has 2 N–H and O–H groups in total. The zero-order valence-electron chi connectivity index (χ0n) is 8.85. The van der Waals surface area contributed by atoms with Gasteiger partial charge in [-0.15, -0.1) is 0 Å². The number of alkyl halides is 3. The summed E-state index contributed by atoms with van der Waals surface area (Å²) in [7, 11) is 0. The second kappa shape index (κ2) is 4.09. The molecule has 4 heteroatoms. The molecule has 1 nitrogen and oxygen atoms in total. The van der Waals surface area contributed by atoms with Gasteiger partial charge in [0.25, 0.3) is 0 Å². The highest BCUT2D eigenvalue weighted by atomic mass is 19.4. The fourth-order valence-electron chi connectivity index (χ4n) is 2.25. The highest BCUT2D eigenvalue weighted by Gasteiger charge is 2.28. The van der Waals surface area contributed by atoms with Gasteiger partial charge >= 0.3 is 6.18 Å². The van der Waals surface area contributed by atoms with Crippen LogP contribution in [0.3, 0.4) is 0 Å². The van der Waals surface area contributed by atoms with Crippen LogP contribution < -0.4 is 5.73 Å². The van der Waals surface area contributed by atoms with Crippen LogP contribution in [0.1, 0.15) is 35.6 Å². The maximum Gasteiger partial charge on any atom is 0.393 e. The summed E-state index contributed by atoms with van der Waals surface area (Å²) in [6, 6.07) is 4.93. The predicted molar refractivity (Wildman–Crippen MR) is 56.1 cm³/mol. The Kier molecular flexibility index (Phi) is 2.93. The van der Waals surface area contributed by atoms with Crippen LogP contribution in [0.15, 0.2) is 18.2 Å². The highest BCUT2D eigenvalue weighted by molar-refractivity contribution is 5.36. The fourth-order valence-corrected chi connectivity index (χ4v) is 2.25. The van der Waals surface area contributed by atoms with Crippen molar-refractivity contribution in [3.8, 4) is 0 Å². The van der Waals surface area contributed by atoms with Crippen molar-refractivity contribution >= 4 is 0 Å². The first kappa shape index (κ1) is 11.5. The highest BCUT2D eigenvalue weighted by Crippen LogP contribution is 2.30. The first-order valence-electron chi connectivity index (χ1n) is 5.40. The van der Waals surface area contributed by atoms with Gasteiger partial charge < -0.3 is 5.73 Å². The molecule has 0 saturated carbocycles. The summed E-state index contributed by atoms with van der Waals surface area (Å²) in [5, 5.41) is 0. The lowest BCUT2D eigenvalue weighted by Crippen LogP contribution is -2.18. The van der Waals surface area contributed by atoms with E-state index in [2.05, 4.69) is 0 Å². The first-order valence-corrected chi connectivity index (χ1v) is 5.40. The number of rotatable bonds is 1. The Morgan fingerprint density at radius 1 is 1.31 bits per heavy atom. The smallest absolute Gasteiger partial charge is 0.324 e. The van der Waals surface area contributed by atoms with Crippen molar-refractivity contribution in [1.29, 1.82) is 0 Å². The summed E-state index contributed by atoms with van der Waals surface area (Å²) in [5.41, 5.74) is 8.23. The van der Waals surface area contributed by atoms with Crippen molar-refractivity contribution in [3.05, 3.63) is 34.9 Å². The van der Waals surface area contributed by atoms with Crippen LogP contribution in [0.4, 0.5) is 13.2 Å². The average molecular weight is 229 g/mol. The van der Waals surface area contributed by atoms with E-state index in [4.69, 9.17) is 5.73 Å². The number of aryl methyl sites for hydroxylation is 1. The van der Waals surface area contributed by atoms with E-state index in [9.17, 15) is 13.2 Å². The second-order valence-electron chi connectivity index (χ2n) is 4.32. The van der Waals surface area contributed by atoms with Gasteiger partial charge in [-0.2, -0.15) is 13.2 Å². The molecule has 0 amide bonds. The van der Waals surface area contributed by atoms with Crippen molar-refractivity contribution in [2.24, 2.45) is 5.73 Å². The minimum absolute atomic E-state index is 0.0105. The Hall–Kier alpha value is -1.03. The summed E-state index contributed by atoms with van der Waals surface area (Å²) < 4.78 is 36.7. The Bertz CT molecular complexity index is 384. The molecule has 1 aliphatic rings. The molecular weight excluding hydrogens is 215 g/mol. The van der Waals surface area contributed by atoms with E-state index < -0.39 is 12.6 Å². The predicted octanol–water partition coefficient (Wildman–Crippen LogP) is 3.13. The second-order valence-corrected chi connectivity index (χ2v) is 4.32. The van der Waals surface area contributed by atoms with Gasteiger partial charge in [-0.3, -0.25) is 0 Å². The Labute approximate surface area is 92.5 Å². The van der Waals surface area contributed by atoms with Gasteiger partial charge in [0.2, 0.25) is 0 Å². The van der Waals surface area contributed by atoms with Gasteiger partial charge in [-0.05, 0) is 36.0 Å². The third kappa shape index (κ3) is 2.55. The lowest BCUT2D eigenvalue weighted by molar-refractivity contribution is -0.127. The van der Waals surface area contributed by atoms with E-state index in [1.54, 1.807) is 12.1 Å². The molecular formula is C12H14F3N. The monoisotopic (exact) mass is 229 g/mol. The van der Waals surface area contributed by atoms with E-state index in [-0.39, 0.29) is 6.04 Å². The zero-order chi connectivity index (χ0) is 11.8. The molecule has 2 rings (SSSR count). The molecule has 0 fully saturated rings. The average Bonchev–Trinajstić information content (AvgIpc) is 2.15. The SMILES string of the molecule is NC1CCCc2cc(CC(F)(F)F)ccc21. The molecule has 0 radical (unpaired) electrons. The van der Waals surface area contributed by atoms with Gasteiger partial charge in [-0.1, -0.05) is 18.2 Å². The number of halogens is 3. The van der Waals surface area contributed by atoms with E-state index in [1.807, 2.05) is 0 Å². The molecule has 0 aliphatic heterocycles. The molecule has 16 heavy (non-hydrogen) atoms. The fraction of sp³-hybridized carbons (Fsp3) is 0.500. The molecule has 0 spiro atoms. The van der Waals surface area contributed by atoms with E-state index in [1.165, 1.54) is 6.07 Å². The Balaban J connectivity index is 2.25. The lowest BCUT2D eigenvalue weighted by Gasteiger charge is -2.22. The Morgan fingerprint density at radius 3 is 2.75 bits per heavy atom. The van der Waals surface area contributed by atoms with Crippen LogP contribution >= 0.6 is 0 Å². The molecule has 1 aromatic carbocycles. The largest absolute Gasteiger partial charge is 0.393 e. The van der Waals surface area contributed by atoms with Crippen LogP contribution in [0.25, 0.3) is 0 Å². The van der Waals surface area contributed by atoms with Gasteiger partial charge in [0, 0.05) is 6.04 Å². The summed E-state index contributed by atoms with van der Waals surface area (Å²) >= 11 is 0. The minimum Gasteiger partial charge on any atom is -0.324 e. The van der Waals surface area contributed by atoms with Crippen LogP contribution in [0.5, 0.6) is 0 Å². The maximum atomic E-state index is 12.2. The normalized spacial score (nSPS) is 20.6. The van der Waals surface area contributed by atoms with Crippen molar-refractivity contribution < 1.29 is 13.2 Å². The van der Waals surface area contributed by atoms with Crippen LogP contribution in [-0.2, 0) is 12.8 Å². The van der Waals surface area contributed by atoms with Gasteiger partial charge in [0.1, 0.15) is 0 Å². The molecule has 1 unspecified atom stereocenters.